The summed E-state index contributed by atoms with van der Waals surface area (Å²) in [6.07, 6.45) is 13.2. The Morgan fingerprint density at radius 2 is 1.73 bits per heavy atom. The predicted molar refractivity (Wildman–Crippen MR) is 119 cm³/mol. The number of carbonyl (C=O) groups is 1. The number of carboxylic acid groups (broad SMARTS) is 1. The van der Waals surface area contributed by atoms with Crippen LogP contribution in [0.3, 0.4) is 0 Å². The van der Waals surface area contributed by atoms with Gasteiger partial charge in [-0.1, -0.05) is 52.2 Å². The Bertz CT molecular complexity index is 757. The van der Waals surface area contributed by atoms with Crippen LogP contribution >= 0.6 is 0 Å². The Hall–Kier alpha value is -0.830. The Morgan fingerprint density at radius 1 is 1.00 bits per heavy atom. The zero-order valence-corrected chi connectivity index (χ0v) is 19.5. The monoisotopic (exact) mass is 414 g/mol. The fourth-order valence-electron chi connectivity index (χ4n) is 10.1. The number of aliphatic carboxylic acids is 1. The highest BCUT2D eigenvalue weighted by Gasteiger charge is 2.64. The average molecular weight is 415 g/mol. The van der Waals surface area contributed by atoms with Gasteiger partial charge in [0.25, 0.3) is 0 Å². The molecule has 5 rings (SSSR count). The summed E-state index contributed by atoms with van der Waals surface area (Å²) in [4.78, 5) is 12.5. The van der Waals surface area contributed by atoms with Gasteiger partial charge in [0.1, 0.15) is 0 Å². The van der Waals surface area contributed by atoms with E-state index in [9.17, 15) is 15.0 Å². The molecule has 168 valence electrons. The minimum Gasteiger partial charge on any atom is -0.481 e. The summed E-state index contributed by atoms with van der Waals surface area (Å²) in [5.74, 6) is 2.47. The molecular formula is C27H42O3. The molecule has 10 atom stereocenters. The second kappa shape index (κ2) is 6.83. The molecule has 0 spiro atoms. The van der Waals surface area contributed by atoms with Crippen molar-refractivity contribution in [2.45, 2.75) is 98.0 Å². The second-order valence-corrected chi connectivity index (χ2v) is 12.5. The van der Waals surface area contributed by atoms with Gasteiger partial charge < -0.3 is 10.2 Å². The second-order valence-electron chi connectivity index (χ2n) is 12.5. The van der Waals surface area contributed by atoms with E-state index in [2.05, 4.69) is 33.8 Å². The van der Waals surface area contributed by atoms with Crippen molar-refractivity contribution in [1.82, 2.24) is 0 Å². The zero-order valence-electron chi connectivity index (χ0n) is 19.5. The number of fused-ring (bicyclic) bond motifs is 7. The summed E-state index contributed by atoms with van der Waals surface area (Å²) < 4.78 is 0. The van der Waals surface area contributed by atoms with Gasteiger partial charge in [0.2, 0.25) is 0 Å². The first-order chi connectivity index (χ1) is 14.1. The van der Waals surface area contributed by atoms with E-state index in [1.54, 1.807) is 5.57 Å². The van der Waals surface area contributed by atoms with Crippen molar-refractivity contribution in [3.8, 4) is 0 Å². The molecule has 4 fully saturated rings. The standard InChI is InChI=1S/C27H42O3/c1-16-6-5-12-27(24(29)30)15-10-20-18(23(16)27)7-8-22-25(3)14-11-21(28)17(2)19(25)9-13-26(20,22)4/h7,16-17,19-23,28H,5-6,8-15H2,1-4H3,(H,29,30). The number of rotatable bonds is 1. The third-order valence-corrected chi connectivity index (χ3v) is 11.6. The van der Waals surface area contributed by atoms with Crippen LogP contribution in [0, 0.1) is 51.8 Å². The van der Waals surface area contributed by atoms with Crippen molar-refractivity contribution >= 4 is 5.97 Å². The Balaban J connectivity index is 1.55. The van der Waals surface area contributed by atoms with Crippen LogP contribution in [-0.4, -0.2) is 22.3 Å². The SMILES string of the molecule is CC1CCCC2(C(=O)O)CCC3C(=CCC4C3(C)CCC3C(C)C(O)CCC34C)C12. The molecule has 5 aliphatic rings. The zero-order chi connectivity index (χ0) is 21.5. The third kappa shape index (κ3) is 2.57. The van der Waals surface area contributed by atoms with Gasteiger partial charge in [0.15, 0.2) is 0 Å². The van der Waals surface area contributed by atoms with Crippen LogP contribution in [0.25, 0.3) is 0 Å². The molecule has 0 saturated heterocycles. The lowest BCUT2D eigenvalue weighted by atomic mass is 9.38. The van der Waals surface area contributed by atoms with Gasteiger partial charge in [-0.05, 0) is 97.7 Å². The number of hydrogen-bond donors (Lipinski definition) is 2. The molecule has 0 aromatic carbocycles. The predicted octanol–water partition coefficient (Wildman–Crippen LogP) is 6.06. The van der Waals surface area contributed by atoms with E-state index in [0.717, 1.165) is 44.9 Å². The van der Waals surface area contributed by atoms with Crippen LogP contribution in [0.15, 0.2) is 11.6 Å². The normalized spacial score (nSPS) is 55.4. The highest BCUT2D eigenvalue weighted by Crippen LogP contribution is 2.70. The van der Waals surface area contributed by atoms with Crippen LogP contribution in [0.5, 0.6) is 0 Å². The van der Waals surface area contributed by atoms with Crippen LogP contribution in [-0.2, 0) is 4.79 Å². The van der Waals surface area contributed by atoms with Crippen molar-refractivity contribution in [3.63, 3.8) is 0 Å². The fraction of sp³-hybridized carbons (Fsp3) is 0.889. The molecule has 0 heterocycles. The number of aliphatic hydroxyl groups is 1. The van der Waals surface area contributed by atoms with Gasteiger partial charge in [-0.15, -0.1) is 0 Å². The summed E-state index contributed by atoms with van der Waals surface area (Å²) in [5, 5.41) is 20.9. The van der Waals surface area contributed by atoms with E-state index in [-0.39, 0.29) is 12.0 Å². The molecule has 5 aliphatic carbocycles. The van der Waals surface area contributed by atoms with Gasteiger partial charge in [-0.3, -0.25) is 4.79 Å². The first-order valence-corrected chi connectivity index (χ1v) is 12.8. The van der Waals surface area contributed by atoms with Crippen LogP contribution in [0.4, 0.5) is 0 Å². The summed E-state index contributed by atoms with van der Waals surface area (Å²) in [6, 6.07) is 0. The number of hydrogen-bond acceptors (Lipinski definition) is 2. The lowest BCUT2D eigenvalue weighted by Gasteiger charge is -2.66. The van der Waals surface area contributed by atoms with Crippen LogP contribution < -0.4 is 0 Å². The maximum absolute atomic E-state index is 12.5. The van der Waals surface area contributed by atoms with Crippen molar-refractivity contribution < 1.29 is 15.0 Å². The Morgan fingerprint density at radius 3 is 2.47 bits per heavy atom. The first-order valence-electron chi connectivity index (χ1n) is 12.8. The average Bonchev–Trinajstić information content (AvgIpc) is 2.70. The van der Waals surface area contributed by atoms with E-state index in [1.807, 2.05) is 0 Å². The topological polar surface area (TPSA) is 57.5 Å². The Labute approximate surface area is 182 Å². The molecular weight excluding hydrogens is 372 g/mol. The van der Waals surface area contributed by atoms with Crippen molar-refractivity contribution in [3.05, 3.63) is 11.6 Å². The summed E-state index contributed by atoms with van der Waals surface area (Å²) in [6.45, 7) is 9.70. The highest BCUT2D eigenvalue weighted by atomic mass is 16.4. The molecule has 0 aromatic rings. The van der Waals surface area contributed by atoms with Gasteiger partial charge in [0.05, 0.1) is 11.5 Å². The number of carboxylic acids is 1. The molecule has 0 radical (unpaired) electrons. The van der Waals surface area contributed by atoms with Gasteiger partial charge >= 0.3 is 5.97 Å². The number of allylic oxidation sites excluding steroid dienone is 2. The van der Waals surface area contributed by atoms with Crippen molar-refractivity contribution in [2.24, 2.45) is 51.8 Å². The highest BCUT2D eigenvalue weighted by molar-refractivity contribution is 5.76. The molecule has 0 bridgehead atoms. The van der Waals surface area contributed by atoms with E-state index in [4.69, 9.17) is 0 Å². The molecule has 0 aliphatic heterocycles. The molecule has 3 nitrogen and oxygen atoms in total. The molecule has 30 heavy (non-hydrogen) atoms. The van der Waals surface area contributed by atoms with Gasteiger partial charge in [-0.25, -0.2) is 0 Å². The van der Waals surface area contributed by atoms with Crippen LogP contribution in [0.1, 0.15) is 91.9 Å². The molecule has 3 heteroatoms. The minimum atomic E-state index is -0.531. The molecule has 10 unspecified atom stereocenters. The van der Waals surface area contributed by atoms with E-state index in [1.165, 1.54) is 19.3 Å². The summed E-state index contributed by atoms with van der Waals surface area (Å²) >= 11 is 0. The molecule has 4 saturated carbocycles. The quantitative estimate of drug-likeness (QED) is 0.513. The summed E-state index contributed by atoms with van der Waals surface area (Å²) in [7, 11) is 0. The summed E-state index contributed by atoms with van der Waals surface area (Å²) in [5.41, 5.74) is 1.64. The van der Waals surface area contributed by atoms with E-state index < -0.39 is 11.4 Å². The van der Waals surface area contributed by atoms with Crippen LogP contribution in [0.2, 0.25) is 0 Å². The van der Waals surface area contributed by atoms with Crippen molar-refractivity contribution in [1.29, 1.82) is 0 Å². The molecule has 0 amide bonds. The maximum atomic E-state index is 12.5. The maximum Gasteiger partial charge on any atom is 0.310 e. The first kappa shape index (κ1) is 21.0. The lowest BCUT2D eigenvalue weighted by Crippen LogP contribution is -2.60. The largest absolute Gasteiger partial charge is 0.481 e. The van der Waals surface area contributed by atoms with Crippen molar-refractivity contribution in [2.75, 3.05) is 0 Å². The third-order valence-electron chi connectivity index (χ3n) is 11.6. The molecule has 0 aromatic heterocycles. The lowest BCUT2D eigenvalue weighted by molar-refractivity contribution is -0.170. The van der Waals surface area contributed by atoms with Gasteiger partial charge in [-0.2, -0.15) is 0 Å². The smallest absolute Gasteiger partial charge is 0.310 e. The fourth-order valence-corrected chi connectivity index (χ4v) is 10.1. The van der Waals surface area contributed by atoms with E-state index >= 15 is 0 Å². The Kier molecular flexibility index (Phi) is 4.79. The van der Waals surface area contributed by atoms with E-state index in [0.29, 0.717) is 40.4 Å². The molecule has 2 N–H and O–H groups in total. The van der Waals surface area contributed by atoms with Gasteiger partial charge in [0, 0.05) is 0 Å². The minimum absolute atomic E-state index is 0.129. The number of aliphatic hydroxyl groups excluding tert-OH is 1.